The third kappa shape index (κ3) is 4.71. The van der Waals surface area contributed by atoms with E-state index in [1.165, 1.54) is 16.6 Å². The summed E-state index contributed by atoms with van der Waals surface area (Å²) in [5.74, 6) is 0.0340. The van der Waals surface area contributed by atoms with Gasteiger partial charge in [0.2, 0.25) is 15.0 Å². The molecule has 0 unspecified atom stereocenters. The number of benzene rings is 1. The molecule has 8 heteroatoms. The summed E-state index contributed by atoms with van der Waals surface area (Å²) < 4.78 is 34.0. The van der Waals surface area contributed by atoms with Gasteiger partial charge in [-0.15, -0.1) is 0 Å². The number of para-hydroxylation sites is 1. The van der Waals surface area contributed by atoms with Gasteiger partial charge >= 0.3 is 0 Å². The molecular formula is C21H30N4O3S. The molecule has 0 aliphatic carbocycles. The Bertz CT molecular complexity index is 1070. The van der Waals surface area contributed by atoms with Crippen LogP contribution < -0.4 is 0 Å². The number of nitrogens with zero attached hydrogens (tertiary/aromatic N) is 4. The van der Waals surface area contributed by atoms with Crippen LogP contribution in [-0.4, -0.2) is 60.5 Å². The van der Waals surface area contributed by atoms with E-state index in [4.69, 9.17) is 4.74 Å². The lowest BCUT2D eigenvalue weighted by Gasteiger charge is -2.20. The Morgan fingerprint density at radius 2 is 1.93 bits per heavy atom. The highest BCUT2D eigenvalue weighted by Crippen LogP contribution is 2.19. The van der Waals surface area contributed by atoms with Crippen LogP contribution in [0, 0.1) is 6.92 Å². The number of ether oxygens (including phenoxy) is 1. The average molecular weight is 419 g/mol. The van der Waals surface area contributed by atoms with Crippen LogP contribution in [0.2, 0.25) is 0 Å². The van der Waals surface area contributed by atoms with E-state index in [0.717, 1.165) is 18.8 Å². The number of aromatic nitrogens is 3. The molecule has 0 atom stereocenters. The molecule has 0 amide bonds. The summed E-state index contributed by atoms with van der Waals surface area (Å²) >= 11 is 0. The quantitative estimate of drug-likeness (QED) is 0.506. The molecule has 2 aromatic heterocycles. The SMILES string of the molecule is CCS(=O)(=O)c1ncc(CN(C)CCn2c(C)cc3ccccc32)n1CCOC. The van der Waals surface area contributed by atoms with Gasteiger partial charge in [-0.2, -0.15) is 0 Å². The van der Waals surface area contributed by atoms with Crippen LogP contribution in [0.15, 0.2) is 41.7 Å². The normalized spacial score (nSPS) is 12.3. The second-order valence-corrected chi connectivity index (χ2v) is 9.49. The van der Waals surface area contributed by atoms with Gasteiger partial charge in [0.05, 0.1) is 24.3 Å². The van der Waals surface area contributed by atoms with Crippen LogP contribution in [0.4, 0.5) is 0 Å². The zero-order chi connectivity index (χ0) is 21.0. The number of rotatable bonds is 10. The number of imidazole rings is 1. The molecule has 3 rings (SSSR count). The highest BCUT2D eigenvalue weighted by Gasteiger charge is 2.22. The number of hydrogen-bond acceptors (Lipinski definition) is 5. The fraction of sp³-hybridized carbons (Fsp3) is 0.476. The molecule has 158 valence electrons. The monoisotopic (exact) mass is 418 g/mol. The maximum Gasteiger partial charge on any atom is 0.227 e. The molecule has 0 saturated heterocycles. The van der Waals surface area contributed by atoms with Crippen molar-refractivity contribution in [2.24, 2.45) is 0 Å². The second kappa shape index (κ2) is 9.11. The number of fused-ring (bicyclic) bond motifs is 1. The maximum atomic E-state index is 12.4. The fourth-order valence-corrected chi connectivity index (χ4v) is 4.60. The number of hydrogen-bond donors (Lipinski definition) is 0. The van der Waals surface area contributed by atoms with Crippen molar-refractivity contribution in [1.82, 2.24) is 19.0 Å². The number of aryl methyl sites for hydroxylation is 1. The molecule has 2 heterocycles. The minimum Gasteiger partial charge on any atom is -0.383 e. The zero-order valence-electron chi connectivity index (χ0n) is 17.6. The summed E-state index contributed by atoms with van der Waals surface area (Å²) in [6.07, 6.45) is 1.67. The molecule has 0 N–H and O–H groups in total. The van der Waals surface area contributed by atoms with E-state index < -0.39 is 9.84 Å². The van der Waals surface area contributed by atoms with Crippen LogP contribution >= 0.6 is 0 Å². The minimum absolute atomic E-state index is 0.0340. The summed E-state index contributed by atoms with van der Waals surface area (Å²) in [4.78, 5) is 6.41. The van der Waals surface area contributed by atoms with E-state index in [2.05, 4.69) is 51.7 Å². The van der Waals surface area contributed by atoms with Gasteiger partial charge in [0, 0.05) is 44.5 Å². The number of sulfone groups is 1. The third-order valence-electron chi connectivity index (χ3n) is 5.23. The van der Waals surface area contributed by atoms with Gasteiger partial charge in [0.25, 0.3) is 0 Å². The predicted molar refractivity (Wildman–Crippen MR) is 115 cm³/mol. The highest BCUT2D eigenvalue weighted by atomic mass is 32.2. The van der Waals surface area contributed by atoms with Crippen molar-refractivity contribution in [2.45, 2.75) is 38.6 Å². The lowest BCUT2D eigenvalue weighted by Crippen LogP contribution is -2.25. The van der Waals surface area contributed by atoms with E-state index in [1.807, 2.05) is 7.05 Å². The summed E-state index contributed by atoms with van der Waals surface area (Å²) in [6.45, 7) is 6.99. The second-order valence-electron chi connectivity index (χ2n) is 7.31. The highest BCUT2D eigenvalue weighted by molar-refractivity contribution is 7.91. The van der Waals surface area contributed by atoms with E-state index in [1.54, 1.807) is 24.8 Å². The Labute approximate surface area is 172 Å². The first-order valence-electron chi connectivity index (χ1n) is 9.87. The van der Waals surface area contributed by atoms with E-state index in [9.17, 15) is 8.42 Å². The van der Waals surface area contributed by atoms with Crippen LogP contribution in [0.1, 0.15) is 18.3 Å². The molecule has 29 heavy (non-hydrogen) atoms. The third-order valence-corrected chi connectivity index (χ3v) is 6.88. The maximum absolute atomic E-state index is 12.4. The summed E-state index contributed by atoms with van der Waals surface area (Å²) in [7, 11) is 0.278. The molecule has 7 nitrogen and oxygen atoms in total. The van der Waals surface area contributed by atoms with Crippen molar-refractivity contribution < 1.29 is 13.2 Å². The van der Waals surface area contributed by atoms with Crippen molar-refractivity contribution in [1.29, 1.82) is 0 Å². The van der Waals surface area contributed by atoms with Gasteiger partial charge < -0.3 is 13.9 Å². The Kier molecular flexibility index (Phi) is 6.77. The molecule has 0 aliphatic rings. The van der Waals surface area contributed by atoms with Gasteiger partial charge in [0.1, 0.15) is 0 Å². The molecular weight excluding hydrogens is 388 g/mol. The Balaban J connectivity index is 1.74. The summed E-state index contributed by atoms with van der Waals surface area (Å²) in [5.41, 5.74) is 3.35. The zero-order valence-corrected chi connectivity index (χ0v) is 18.4. The van der Waals surface area contributed by atoms with E-state index in [0.29, 0.717) is 19.7 Å². The molecule has 0 saturated carbocycles. The average Bonchev–Trinajstić information content (AvgIpc) is 3.25. The van der Waals surface area contributed by atoms with Crippen molar-refractivity contribution >= 4 is 20.7 Å². The van der Waals surface area contributed by atoms with Crippen molar-refractivity contribution in [2.75, 3.05) is 33.1 Å². The lowest BCUT2D eigenvalue weighted by molar-refractivity contribution is 0.182. The number of methoxy groups -OCH3 is 1. The van der Waals surface area contributed by atoms with Gasteiger partial charge in [-0.05, 0) is 31.5 Å². The first-order chi connectivity index (χ1) is 13.9. The lowest BCUT2D eigenvalue weighted by atomic mass is 10.2. The summed E-state index contributed by atoms with van der Waals surface area (Å²) in [5, 5.41) is 1.38. The van der Waals surface area contributed by atoms with Crippen molar-refractivity contribution in [3.05, 3.63) is 47.9 Å². The van der Waals surface area contributed by atoms with Crippen molar-refractivity contribution in [3.63, 3.8) is 0 Å². The van der Waals surface area contributed by atoms with Crippen LogP contribution in [0.3, 0.4) is 0 Å². The molecule has 0 radical (unpaired) electrons. The molecule has 0 fully saturated rings. The first kappa shape index (κ1) is 21.5. The molecule has 1 aromatic carbocycles. The smallest absolute Gasteiger partial charge is 0.227 e. The predicted octanol–water partition coefficient (Wildman–Crippen LogP) is 2.72. The Morgan fingerprint density at radius 3 is 2.66 bits per heavy atom. The molecule has 0 aliphatic heterocycles. The van der Waals surface area contributed by atoms with Gasteiger partial charge in [-0.25, -0.2) is 13.4 Å². The van der Waals surface area contributed by atoms with E-state index >= 15 is 0 Å². The standard InChI is InChI=1S/C21H30N4O3S/c1-5-29(26,27)21-22-15-19(25(21)12-13-28-4)16-23(3)10-11-24-17(2)14-18-8-6-7-9-20(18)24/h6-9,14-15H,5,10-13,16H2,1-4H3. The van der Waals surface area contributed by atoms with Crippen molar-refractivity contribution in [3.8, 4) is 0 Å². The Hall–Kier alpha value is -2.16. The topological polar surface area (TPSA) is 69.4 Å². The molecule has 0 spiro atoms. The van der Waals surface area contributed by atoms with Gasteiger partial charge in [-0.3, -0.25) is 4.90 Å². The fourth-order valence-electron chi connectivity index (χ4n) is 3.59. The van der Waals surface area contributed by atoms with Crippen LogP contribution in [0.5, 0.6) is 0 Å². The van der Waals surface area contributed by atoms with Gasteiger partial charge in [0.15, 0.2) is 0 Å². The molecule has 0 bridgehead atoms. The number of likely N-dealkylation sites (N-methyl/N-ethyl adjacent to an activating group) is 1. The van der Waals surface area contributed by atoms with Gasteiger partial charge in [-0.1, -0.05) is 25.1 Å². The summed E-state index contributed by atoms with van der Waals surface area (Å²) in [6, 6.07) is 10.6. The molecule has 3 aromatic rings. The van der Waals surface area contributed by atoms with Crippen LogP contribution in [0.25, 0.3) is 10.9 Å². The van der Waals surface area contributed by atoms with Crippen LogP contribution in [-0.2, 0) is 34.2 Å². The van der Waals surface area contributed by atoms with E-state index in [-0.39, 0.29) is 10.9 Å². The first-order valence-corrected chi connectivity index (χ1v) is 11.5. The largest absolute Gasteiger partial charge is 0.383 e. The Morgan fingerprint density at radius 1 is 1.17 bits per heavy atom. The minimum atomic E-state index is -3.38.